The fourth-order valence-electron chi connectivity index (χ4n) is 2.88. The molecule has 0 aliphatic carbocycles. The Labute approximate surface area is 210 Å². The van der Waals surface area contributed by atoms with Crippen molar-refractivity contribution in [1.82, 2.24) is 0 Å². The molecule has 0 aliphatic rings. The van der Waals surface area contributed by atoms with E-state index in [0.29, 0.717) is 39.4 Å². The predicted molar refractivity (Wildman–Crippen MR) is 135 cm³/mol. The summed E-state index contributed by atoms with van der Waals surface area (Å²) in [5, 5.41) is 13.0. The molecule has 3 aromatic carbocycles. The van der Waals surface area contributed by atoms with Crippen molar-refractivity contribution in [3.05, 3.63) is 91.4 Å². The molecule has 168 valence electrons. The Morgan fingerprint density at radius 1 is 1.12 bits per heavy atom. The highest BCUT2D eigenvalue weighted by Crippen LogP contribution is 2.37. The lowest BCUT2D eigenvalue weighted by molar-refractivity contribution is -0.112. The number of aryl methyl sites for hydroxylation is 1. The van der Waals surface area contributed by atoms with Crippen LogP contribution in [-0.2, 0) is 11.4 Å². The number of hydrogen-bond acceptors (Lipinski definition) is 4. The van der Waals surface area contributed by atoms with Crippen LogP contribution in [0.15, 0.2) is 64.6 Å². The molecule has 0 heterocycles. The lowest BCUT2D eigenvalue weighted by Crippen LogP contribution is -2.13. The van der Waals surface area contributed by atoms with Gasteiger partial charge < -0.3 is 14.8 Å². The zero-order chi connectivity index (χ0) is 24.0. The SMILES string of the molecule is COc1cc(/C=C(/C#N)C(=O)Nc2ccc(C)c(Cl)c2)cc(Cl)c1OCc1ccc(Br)cc1. The highest BCUT2D eigenvalue weighted by molar-refractivity contribution is 9.10. The molecular formula is C25H19BrCl2N2O3. The fraction of sp³-hybridized carbons (Fsp3) is 0.120. The van der Waals surface area contributed by atoms with Crippen LogP contribution in [0, 0.1) is 18.3 Å². The van der Waals surface area contributed by atoms with E-state index in [4.69, 9.17) is 32.7 Å². The first-order valence-electron chi connectivity index (χ1n) is 9.74. The van der Waals surface area contributed by atoms with E-state index in [-0.39, 0.29) is 5.57 Å². The summed E-state index contributed by atoms with van der Waals surface area (Å²) in [6.07, 6.45) is 1.43. The highest BCUT2D eigenvalue weighted by Gasteiger charge is 2.15. The second-order valence-electron chi connectivity index (χ2n) is 7.04. The van der Waals surface area contributed by atoms with E-state index in [1.165, 1.54) is 13.2 Å². The van der Waals surface area contributed by atoms with Crippen LogP contribution in [0.5, 0.6) is 11.5 Å². The molecule has 3 rings (SSSR count). The smallest absolute Gasteiger partial charge is 0.266 e. The Morgan fingerprint density at radius 3 is 2.48 bits per heavy atom. The van der Waals surface area contributed by atoms with Crippen molar-refractivity contribution in [2.75, 3.05) is 12.4 Å². The van der Waals surface area contributed by atoms with Gasteiger partial charge in [0, 0.05) is 15.2 Å². The average Bonchev–Trinajstić information content (AvgIpc) is 2.79. The lowest BCUT2D eigenvalue weighted by Gasteiger charge is -2.14. The maximum atomic E-state index is 12.6. The third kappa shape index (κ3) is 6.52. The minimum absolute atomic E-state index is 0.103. The number of benzene rings is 3. The topological polar surface area (TPSA) is 71.3 Å². The number of ether oxygens (including phenoxy) is 2. The van der Waals surface area contributed by atoms with E-state index in [2.05, 4.69) is 21.2 Å². The summed E-state index contributed by atoms with van der Waals surface area (Å²) in [4.78, 5) is 12.6. The van der Waals surface area contributed by atoms with Gasteiger partial charge >= 0.3 is 0 Å². The van der Waals surface area contributed by atoms with Crippen molar-refractivity contribution in [2.45, 2.75) is 13.5 Å². The first-order chi connectivity index (χ1) is 15.8. The van der Waals surface area contributed by atoms with Crippen LogP contribution >= 0.6 is 39.1 Å². The first kappa shape index (κ1) is 24.7. The van der Waals surface area contributed by atoms with E-state index in [1.54, 1.807) is 30.3 Å². The summed E-state index contributed by atoms with van der Waals surface area (Å²) in [5.41, 5.74) is 2.74. The molecule has 0 spiro atoms. The molecule has 8 heteroatoms. The molecule has 0 atom stereocenters. The second-order valence-corrected chi connectivity index (χ2v) is 8.77. The molecule has 0 fully saturated rings. The quantitative estimate of drug-likeness (QED) is 0.252. The summed E-state index contributed by atoms with van der Waals surface area (Å²) >= 11 is 15.9. The number of rotatable bonds is 7. The molecule has 0 aromatic heterocycles. The van der Waals surface area contributed by atoms with Crippen LogP contribution in [0.25, 0.3) is 6.08 Å². The largest absolute Gasteiger partial charge is 0.493 e. The van der Waals surface area contributed by atoms with Gasteiger partial charge in [-0.25, -0.2) is 0 Å². The second kappa shape index (κ2) is 11.2. The maximum Gasteiger partial charge on any atom is 0.266 e. The Bertz CT molecular complexity index is 1250. The number of methoxy groups -OCH3 is 1. The minimum atomic E-state index is -0.567. The average molecular weight is 546 g/mol. The number of amides is 1. The molecular weight excluding hydrogens is 527 g/mol. The molecule has 0 radical (unpaired) electrons. The van der Waals surface area contributed by atoms with Gasteiger partial charge in [0.15, 0.2) is 11.5 Å². The zero-order valence-corrected chi connectivity index (χ0v) is 20.9. The molecule has 33 heavy (non-hydrogen) atoms. The van der Waals surface area contributed by atoms with E-state index < -0.39 is 5.91 Å². The number of hydrogen-bond donors (Lipinski definition) is 1. The van der Waals surface area contributed by atoms with Crippen molar-refractivity contribution >= 4 is 56.8 Å². The zero-order valence-electron chi connectivity index (χ0n) is 17.8. The first-order valence-corrected chi connectivity index (χ1v) is 11.3. The number of nitrogens with one attached hydrogen (secondary N) is 1. The third-order valence-electron chi connectivity index (χ3n) is 4.65. The van der Waals surface area contributed by atoms with Crippen LogP contribution < -0.4 is 14.8 Å². The Kier molecular flexibility index (Phi) is 8.40. The minimum Gasteiger partial charge on any atom is -0.493 e. The fourth-order valence-corrected chi connectivity index (χ4v) is 3.60. The monoisotopic (exact) mass is 544 g/mol. The molecule has 0 bridgehead atoms. The number of nitriles is 1. The maximum absolute atomic E-state index is 12.6. The highest BCUT2D eigenvalue weighted by atomic mass is 79.9. The van der Waals surface area contributed by atoms with Gasteiger partial charge in [0.05, 0.1) is 12.1 Å². The van der Waals surface area contributed by atoms with Gasteiger partial charge in [-0.3, -0.25) is 4.79 Å². The van der Waals surface area contributed by atoms with Crippen LogP contribution in [0.2, 0.25) is 10.0 Å². The van der Waals surface area contributed by atoms with Crippen molar-refractivity contribution in [3.8, 4) is 17.6 Å². The predicted octanol–water partition coefficient (Wildman–Crippen LogP) is 7.20. The molecule has 5 nitrogen and oxygen atoms in total. The van der Waals surface area contributed by atoms with E-state index in [1.807, 2.05) is 37.3 Å². The van der Waals surface area contributed by atoms with Gasteiger partial charge in [0.25, 0.3) is 5.91 Å². The summed E-state index contributed by atoms with van der Waals surface area (Å²) in [6, 6.07) is 18.0. The summed E-state index contributed by atoms with van der Waals surface area (Å²) in [7, 11) is 1.49. The molecule has 1 amide bonds. The van der Waals surface area contributed by atoms with E-state index in [9.17, 15) is 10.1 Å². The van der Waals surface area contributed by atoms with Gasteiger partial charge in [0.1, 0.15) is 18.2 Å². The Hall–Kier alpha value is -2.98. The number of halogens is 3. The molecule has 0 unspecified atom stereocenters. The van der Waals surface area contributed by atoms with Crippen LogP contribution in [0.4, 0.5) is 5.69 Å². The van der Waals surface area contributed by atoms with E-state index in [0.717, 1.165) is 15.6 Å². The number of carbonyl (C=O) groups is 1. The molecule has 0 aliphatic heterocycles. The molecule has 1 N–H and O–H groups in total. The lowest BCUT2D eigenvalue weighted by atomic mass is 10.1. The Morgan fingerprint density at radius 2 is 1.85 bits per heavy atom. The number of carbonyl (C=O) groups excluding carboxylic acids is 1. The van der Waals surface area contributed by atoms with Crippen molar-refractivity contribution in [2.24, 2.45) is 0 Å². The summed E-state index contributed by atoms with van der Waals surface area (Å²) in [6.45, 7) is 2.15. The van der Waals surface area contributed by atoms with Crippen molar-refractivity contribution in [3.63, 3.8) is 0 Å². The normalized spacial score (nSPS) is 11.0. The molecule has 0 saturated carbocycles. The summed E-state index contributed by atoms with van der Waals surface area (Å²) in [5.74, 6) is 0.188. The van der Waals surface area contributed by atoms with Crippen LogP contribution in [-0.4, -0.2) is 13.0 Å². The van der Waals surface area contributed by atoms with Gasteiger partial charge in [-0.1, -0.05) is 57.3 Å². The van der Waals surface area contributed by atoms with Gasteiger partial charge in [-0.15, -0.1) is 0 Å². The standard InChI is InChI=1S/C25H19BrCl2N2O3/c1-15-3-8-20(12-21(15)27)30-25(31)18(13-29)9-17-10-22(28)24(23(11-17)32-2)33-14-16-4-6-19(26)7-5-16/h3-12H,14H2,1-2H3,(H,30,31)/b18-9-. The third-order valence-corrected chi connectivity index (χ3v) is 5.87. The molecule has 0 saturated heterocycles. The van der Waals surface area contributed by atoms with Gasteiger partial charge in [0.2, 0.25) is 0 Å². The number of anilines is 1. The van der Waals surface area contributed by atoms with E-state index >= 15 is 0 Å². The van der Waals surface area contributed by atoms with Gasteiger partial charge in [-0.05, 0) is 66.1 Å². The van der Waals surface area contributed by atoms with Crippen molar-refractivity contribution < 1.29 is 14.3 Å². The Balaban J connectivity index is 1.81. The molecule has 3 aromatic rings. The van der Waals surface area contributed by atoms with Crippen LogP contribution in [0.3, 0.4) is 0 Å². The van der Waals surface area contributed by atoms with Crippen LogP contribution in [0.1, 0.15) is 16.7 Å². The number of nitrogens with zero attached hydrogens (tertiary/aromatic N) is 1. The van der Waals surface area contributed by atoms with Crippen molar-refractivity contribution in [1.29, 1.82) is 5.26 Å². The summed E-state index contributed by atoms with van der Waals surface area (Å²) < 4.78 is 12.3. The van der Waals surface area contributed by atoms with Gasteiger partial charge in [-0.2, -0.15) is 5.26 Å².